The number of hydrogen-bond donors (Lipinski definition) is 1. The molecule has 1 heterocycles. The van der Waals surface area contributed by atoms with E-state index in [1.807, 2.05) is 31.2 Å². The second kappa shape index (κ2) is 10.9. The third-order valence-electron chi connectivity index (χ3n) is 6.14. The number of benzene rings is 3. The average molecular weight is 520 g/mol. The Kier molecular flexibility index (Phi) is 7.64. The van der Waals surface area contributed by atoms with Crippen molar-refractivity contribution in [2.75, 3.05) is 13.7 Å². The number of ketones is 1. The maximum absolute atomic E-state index is 13.3. The van der Waals surface area contributed by atoms with Crippen molar-refractivity contribution >= 4 is 35.0 Å². The van der Waals surface area contributed by atoms with Crippen molar-refractivity contribution in [1.29, 1.82) is 0 Å². The molecule has 4 rings (SSSR count). The fraction of sp³-hybridized carbons (Fsp3) is 0.207. The van der Waals surface area contributed by atoms with Crippen LogP contribution in [0.5, 0.6) is 5.75 Å². The first kappa shape index (κ1) is 26.0. The van der Waals surface area contributed by atoms with Crippen LogP contribution in [0.25, 0.3) is 5.76 Å². The first-order chi connectivity index (χ1) is 17.7. The molecule has 1 unspecified atom stereocenters. The molecule has 1 fully saturated rings. The number of esters is 1. The van der Waals surface area contributed by atoms with Gasteiger partial charge in [0.15, 0.2) is 0 Å². The fourth-order valence-electron chi connectivity index (χ4n) is 4.35. The molecule has 1 saturated heterocycles. The number of halogens is 1. The number of amides is 1. The van der Waals surface area contributed by atoms with Gasteiger partial charge in [0.25, 0.3) is 11.7 Å². The molecule has 37 heavy (non-hydrogen) atoms. The fourth-order valence-corrected chi connectivity index (χ4v) is 4.54. The molecule has 1 aliphatic rings. The smallest absolute Gasteiger partial charge is 0.338 e. The lowest BCUT2D eigenvalue weighted by Gasteiger charge is -2.26. The first-order valence-corrected chi connectivity index (χ1v) is 12.1. The van der Waals surface area contributed by atoms with Crippen molar-refractivity contribution in [2.24, 2.45) is 0 Å². The Bertz CT molecular complexity index is 1400. The van der Waals surface area contributed by atoms with Crippen molar-refractivity contribution in [1.82, 2.24) is 4.90 Å². The van der Waals surface area contributed by atoms with E-state index in [0.717, 1.165) is 5.56 Å². The molecule has 1 N–H and O–H groups in total. The van der Waals surface area contributed by atoms with Crippen LogP contribution in [-0.2, 0) is 20.9 Å². The van der Waals surface area contributed by atoms with Crippen LogP contribution in [0.4, 0.5) is 0 Å². The summed E-state index contributed by atoms with van der Waals surface area (Å²) < 4.78 is 10.3. The number of aliphatic hydroxyl groups is 1. The standard InChI is InChI=1S/C29H26ClNO6/c1-4-37-29(35)19-10-8-18(9-11-19)16-31-25(20-7-5-6-17(2)14-20)24(27(33)28(31)34)26(32)21-12-13-22(30)23(15-21)36-3/h5-15,25,32H,4,16H2,1-3H3/b26-24-. The molecule has 3 aromatic carbocycles. The SMILES string of the molecule is CCOC(=O)c1ccc(CN2C(=O)C(=O)/C(=C(\O)c3ccc(Cl)c(OC)c3)C2c2cccc(C)c2)cc1. The maximum atomic E-state index is 13.3. The van der Waals surface area contributed by atoms with Crippen LogP contribution < -0.4 is 4.74 Å². The lowest BCUT2D eigenvalue weighted by Crippen LogP contribution is -2.29. The van der Waals surface area contributed by atoms with Gasteiger partial charge in [-0.15, -0.1) is 0 Å². The summed E-state index contributed by atoms with van der Waals surface area (Å²) >= 11 is 6.14. The van der Waals surface area contributed by atoms with Gasteiger partial charge < -0.3 is 19.5 Å². The minimum absolute atomic E-state index is 0.0249. The van der Waals surface area contributed by atoms with Crippen LogP contribution >= 0.6 is 11.6 Å². The molecule has 0 spiro atoms. The number of nitrogens with zero attached hydrogens (tertiary/aromatic N) is 1. The van der Waals surface area contributed by atoms with Gasteiger partial charge >= 0.3 is 5.97 Å². The Hall–Kier alpha value is -4.10. The maximum Gasteiger partial charge on any atom is 0.338 e. The Morgan fingerprint density at radius 3 is 2.38 bits per heavy atom. The van der Waals surface area contributed by atoms with Gasteiger partial charge in [0.05, 0.1) is 35.9 Å². The molecular weight excluding hydrogens is 494 g/mol. The molecule has 0 radical (unpaired) electrons. The summed E-state index contributed by atoms with van der Waals surface area (Å²) in [5, 5.41) is 11.6. The van der Waals surface area contributed by atoms with Gasteiger partial charge in [-0.25, -0.2) is 4.79 Å². The highest BCUT2D eigenvalue weighted by Crippen LogP contribution is 2.41. The molecule has 0 aromatic heterocycles. The molecule has 8 heteroatoms. The van der Waals surface area contributed by atoms with Crippen LogP contribution in [0.2, 0.25) is 5.02 Å². The third-order valence-corrected chi connectivity index (χ3v) is 6.45. The number of aliphatic hydroxyl groups excluding tert-OH is 1. The number of carbonyl (C=O) groups excluding carboxylic acids is 3. The Labute approximate surface area is 219 Å². The molecule has 0 saturated carbocycles. The normalized spacial score (nSPS) is 16.6. The minimum atomic E-state index is -0.827. The second-order valence-electron chi connectivity index (χ2n) is 8.61. The summed E-state index contributed by atoms with van der Waals surface area (Å²) in [5.74, 6) is -1.95. The van der Waals surface area contributed by atoms with E-state index in [0.29, 0.717) is 33.0 Å². The molecular formula is C29H26ClNO6. The van der Waals surface area contributed by atoms with E-state index in [1.54, 1.807) is 43.3 Å². The number of rotatable bonds is 7. The van der Waals surface area contributed by atoms with Crippen LogP contribution in [0.3, 0.4) is 0 Å². The van der Waals surface area contributed by atoms with E-state index in [-0.39, 0.29) is 24.5 Å². The number of Topliss-reactive ketones (excluding diaryl/α,β-unsaturated/α-hetero) is 1. The van der Waals surface area contributed by atoms with E-state index < -0.39 is 23.7 Å². The summed E-state index contributed by atoms with van der Waals surface area (Å²) in [6.45, 7) is 4.00. The van der Waals surface area contributed by atoms with E-state index in [4.69, 9.17) is 21.1 Å². The van der Waals surface area contributed by atoms with Gasteiger partial charge in [0.1, 0.15) is 11.5 Å². The summed E-state index contributed by atoms with van der Waals surface area (Å²) in [5.41, 5.74) is 3.00. The molecule has 1 aliphatic heterocycles. The molecule has 1 atom stereocenters. The number of aryl methyl sites for hydroxylation is 1. The summed E-state index contributed by atoms with van der Waals surface area (Å²) in [6, 6.07) is 17.9. The highest BCUT2D eigenvalue weighted by atomic mass is 35.5. The van der Waals surface area contributed by atoms with Crippen molar-refractivity contribution < 1.29 is 29.0 Å². The zero-order chi connectivity index (χ0) is 26.7. The molecule has 7 nitrogen and oxygen atoms in total. The number of likely N-dealkylation sites (tertiary alicyclic amines) is 1. The third kappa shape index (κ3) is 5.22. The summed E-state index contributed by atoms with van der Waals surface area (Å²) in [4.78, 5) is 40.0. The summed E-state index contributed by atoms with van der Waals surface area (Å²) in [6.07, 6.45) is 0. The van der Waals surface area contributed by atoms with Crippen LogP contribution in [0.15, 0.2) is 72.3 Å². The van der Waals surface area contributed by atoms with Gasteiger partial charge in [-0.2, -0.15) is 0 Å². The topological polar surface area (TPSA) is 93.1 Å². The number of ether oxygens (including phenoxy) is 2. The van der Waals surface area contributed by atoms with Gasteiger partial charge in [-0.05, 0) is 55.3 Å². The van der Waals surface area contributed by atoms with Crippen molar-refractivity contribution in [3.05, 3.63) is 105 Å². The molecule has 1 amide bonds. The number of carbonyl (C=O) groups is 3. The van der Waals surface area contributed by atoms with Gasteiger partial charge in [-0.1, -0.05) is 53.6 Å². The Morgan fingerprint density at radius 2 is 1.73 bits per heavy atom. The van der Waals surface area contributed by atoms with E-state index in [1.165, 1.54) is 18.1 Å². The highest BCUT2D eigenvalue weighted by molar-refractivity contribution is 6.46. The Morgan fingerprint density at radius 1 is 1.03 bits per heavy atom. The molecule has 190 valence electrons. The zero-order valence-electron chi connectivity index (χ0n) is 20.7. The molecule has 0 aliphatic carbocycles. The Balaban J connectivity index is 1.79. The second-order valence-corrected chi connectivity index (χ2v) is 9.02. The highest BCUT2D eigenvalue weighted by Gasteiger charge is 2.46. The minimum Gasteiger partial charge on any atom is -0.507 e. The van der Waals surface area contributed by atoms with Crippen LogP contribution in [-0.4, -0.2) is 41.4 Å². The largest absolute Gasteiger partial charge is 0.507 e. The predicted molar refractivity (Wildman–Crippen MR) is 139 cm³/mol. The van der Waals surface area contributed by atoms with Gasteiger partial charge in [-0.3, -0.25) is 9.59 Å². The number of hydrogen-bond acceptors (Lipinski definition) is 6. The monoisotopic (exact) mass is 519 g/mol. The predicted octanol–water partition coefficient (Wildman–Crippen LogP) is 5.46. The number of methoxy groups -OCH3 is 1. The first-order valence-electron chi connectivity index (χ1n) is 11.7. The summed E-state index contributed by atoms with van der Waals surface area (Å²) in [7, 11) is 1.45. The van der Waals surface area contributed by atoms with E-state index >= 15 is 0 Å². The van der Waals surface area contributed by atoms with Gasteiger partial charge in [0.2, 0.25) is 0 Å². The average Bonchev–Trinajstić information content (AvgIpc) is 3.14. The van der Waals surface area contributed by atoms with Crippen molar-refractivity contribution in [2.45, 2.75) is 26.4 Å². The van der Waals surface area contributed by atoms with Crippen molar-refractivity contribution in [3.8, 4) is 5.75 Å². The lowest BCUT2D eigenvalue weighted by atomic mass is 9.94. The van der Waals surface area contributed by atoms with Crippen LogP contribution in [0.1, 0.15) is 45.6 Å². The van der Waals surface area contributed by atoms with Crippen molar-refractivity contribution in [3.63, 3.8) is 0 Å². The quantitative estimate of drug-likeness (QED) is 0.193. The van der Waals surface area contributed by atoms with E-state index in [9.17, 15) is 19.5 Å². The lowest BCUT2D eigenvalue weighted by molar-refractivity contribution is -0.140. The molecule has 3 aromatic rings. The van der Waals surface area contributed by atoms with E-state index in [2.05, 4.69) is 0 Å². The van der Waals surface area contributed by atoms with Crippen LogP contribution in [0, 0.1) is 6.92 Å². The van der Waals surface area contributed by atoms with Gasteiger partial charge in [0, 0.05) is 12.1 Å². The molecule has 0 bridgehead atoms. The zero-order valence-corrected chi connectivity index (χ0v) is 21.4.